The number of carbonyl (C=O) groups is 1. The lowest BCUT2D eigenvalue weighted by atomic mass is 9.88. The quantitative estimate of drug-likeness (QED) is 0.604. The maximum absolute atomic E-state index is 12.2. The molecule has 3 rings (SSSR count). The summed E-state index contributed by atoms with van der Waals surface area (Å²) >= 11 is 6.35. The molecule has 6 heteroatoms. The van der Waals surface area contributed by atoms with Crippen molar-refractivity contribution >= 4 is 23.3 Å². The molecule has 0 radical (unpaired) electrons. The summed E-state index contributed by atoms with van der Waals surface area (Å²) in [6, 6.07) is 9.00. The van der Waals surface area contributed by atoms with E-state index in [2.05, 4.69) is 35.1 Å². The average Bonchev–Trinajstić information content (AvgIpc) is 2.77. The van der Waals surface area contributed by atoms with Crippen LogP contribution >= 0.6 is 11.6 Å². The number of rotatable bonds is 7. The minimum atomic E-state index is -0.343. The van der Waals surface area contributed by atoms with Gasteiger partial charge in [0.1, 0.15) is 0 Å². The van der Waals surface area contributed by atoms with Crippen LogP contribution in [0.2, 0.25) is 5.02 Å². The number of anilines is 1. The fraction of sp³-hybridized carbons (Fsp3) is 0.500. The predicted octanol–water partition coefficient (Wildman–Crippen LogP) is 5.32. The van der Waals surface area contributed by atoms with Crippen molar-refractivity contribution in [3.05, 3.63) is 58.4 Å². The van der Waals surface area contributed by atoms with Crippen LogP contribution in [0.25, 0.3) is 0 Å². The summed E-state index contributed by atoms with van der Waals surface area (Å²) in [4.78, 5) is 18.8. The molecule has 1 unspecified atom stereocenters. The SMILES string of the molecule is CCN(c1cc(Cl)cc(C(=O)OC)c1C)C1CCC(NC(C)c2cccnc2)CC1. The zero-order chi connectivity index (χ0) is 21.7. The van der Waals surface area contributed by atoms with E-state index < -0.39 is 0 Å². The van der Waals surface area contributed by atoms with Gasteiger partial charge in [0.2, 0.25) is 0 Å². The second kappa shape index (κ2) is 10.3. The van der Waals surface area contributed by atoms with Crippen molar-refractivity contribution in [2.24, 2.45) is 0 Å². The van der Waals surface area contributed by atoms with Crippen molar-refractivity contribution in [1.82, 2.24) is 10.3 Å². The van der Waals surface area contributed by atoms with E-state index in [0.29, 0.717) is 28.7 Å². The van der Waals surface area contributed by atoms with Gasteiger partial charge in [0.25, 0.3) is 0 Å². The third kappa shape index (κ3) is 5.13. The molecule has 1 aromatic heterocycles. The highest BCUT2D eigenvalue weighted by atomic mass is 35.5. The van der Waals surface area contributed by atoms with Gasteiger partial charge in [0.05, 0.1) is 12.7 Å². The zero-order valence-electron chi connectivity index (χ0n) is 18.3. The highest BCUT2D eigenvalue weighted by Gasteiger charge is 2.28. The van der Waals surface area contributed by atoms with Crippen LogP contribution in [0.3, 0.4) is 0 Å². The molecular weight excluding hydrogens is 398 g/mol. The van der Waals surface area contributed by atoms with E-state index in [1.807, 2.05) is 31.5 Å². The number of benzene rings is 1. The van der Waals surface area contributed by atoms with E-state index in [1.54, 1.807) is 6.07 Å². The molecule has 2 aromatic rings. The lowest BCUT2D eigenvalue weighted by molar-refractivity contribution is 0.0600. The molecule has 1 aromatic carbocycles. The van der Waals surface area contributed by atoms with E-state index in [9.17, 15) is 4.79 Å². The van der Waals surface area contributed by atoms with Gasteiger partial charge in [-0.05, 0) is 75.8 Å². The molecule has 1 N–H and O–H groups in total. The van der Waals surface area contributed by atoms with Gasteiger partial charge in [-0.15, -0.1) is 0 Å². The molecule has 1 heterocycles. The van der Waals surface area contributed by atoms with Crippen LogP contribution in [-0.4, -0.2) is 36.7 Å². The van der Waals surface area contributed by atoms with E-state index in [0.717, 1.165) is 43.5 Å². The first-order valence-corrected chi connectivity index (χ1v) is 11.1. The van der Waals surface area contributed by atoms with Crippen molar-refractivity contribution in [3.8, 4) is 0 Å². The van der Waals surface area contributed by atoms with Crippen LogP contribution in [0.4, 0.5) is 5.69 Å². The van der Waals surface area contributed by atoms with Crippen LogP contribution in [0.5, 0.6) is 0 Å². The van der Waals surface area contributed by atoms with E-state index in [4.69, 9.17) is 16.3 Å². The first-order valence-electron chi connectivity index (χ1n) is 10.8. The summed E-state index contributed by atoms with van der Waals surface area (Å²) in [6.45, 7) is 7.21. The van der Waals surface area contributed by atoms with Gasteiger partial charge in [-0.1, -0.05) is 17.7 Å². The molecule has 1 saturated carbocycles. The Bertz CT molecular complexity index is 851. The van der Waals surface area contributed by atoms with Crippen LogP contribution in [0.15, 0.2) is 36.7 Å². The third-order valence-electron chi connectivity index (χ3n) is 6.21. The molecule has 0 amide bonds. The molecule has 1 atom stereocenters. The van der Waals surface area contributed by atoms with Gasteiger partial charge >= 0.3 is 5.97 Å². The van der Waals surface area contributed by atoms with Crippen molar-refractivity contribution < 1.29 is 9.53 Å². The van der Waals surface area contributed by atoms with Gasteiger partial charge in [-0.25, -0.2) is 4.79 Å². The maximum Gasteiger partial charge on any atom is 0.338 e. The summed E-state index contributed by atoms with van der Waals surface area (Å²) in [5, 5.41) is 4.33. The van der Waals surface area contributed by atoms with Crippen molar-refractivity contribution in [2.45, 2.75) is 64.6 Å². The largest absolute Gasteiger partial charge is 0.465 e. The predicted molar refractivity (Wildman–Crippen MR) is 122 cm³/mol. The van der Waals surface area contributed by atoms with Gasteiger partial charge in [0, 0.05) is 47.8 Å². The number of ether oxygens (including phenoxy) is 1. The van der Waals surface area contributed by atoms with Gasteiger partial charge in [-0.2, -0.15) is 0 Å². The molecule has 1 aliphatic carbocycles. The Morgan fingerprint density at radius 1 is 1.33 bits per heavy atom. The van der Waals surface area contributed by atoms with Gasteiger partial charge in [-0.3, -0.25) is 4.98 Å². The third-order valence-corrected chi connectivity index (χ3v) is 6.43. The molecular formula is C24H32ClN3O2. The average molecular weight is 430 g/mol. The monoisotopic (exact) mass is 429 g/mol. The molecule has 1 aliphatic rings. The summed E-state index contributed by atoms with van der Waals surface area (Å²) < 4.78 is 4.94. The Morgan fingerprint density at radius 2 is 2.07 bits per heavy atom. The number of hydrogen-bond acceptors (Lipinski definition) is 5. The molecule has 0 bridgehead atoms. The highest BCUT2D eigenvalue weighted by Crippen LogP contribution is 2.34. The second-order valence-corrected chi connectivity index (χ2v) is 8.49. The van der Waals surface area contributed by atoms with E-state index in [1.165, 1.54) is 12.7 Å². The number of aromatic nitrogens is 1. The lowest BCUT2D eigenvalue weighted by Gasteiger charge is -2.39. The smallest absolute Gasteiger partial charge is 0.338 e. The van der Waals surface area contributed by atoms with Crippen LogP contribution in [0, 0.1) is 6.92 Å². The fourth-order valence-electron chi connectivity index (χ4n) is 4.55. The molecule has 5 nitrogen and oxygen atoms in total. The molecule has 162 valence electrons. The Hall–Kier alpha value is -2.11. The second-order valence-electron chi connectivity index (χ2n) is 8.06. The minimum Gasteiger partial charge on any atom is -0.465 e. The normalized spacial score (nSPS) is 19.9. The number of nitrogens with zero attached hydrogens (tertiary/aromatic N) is 2. The summed E-state index contributed by atoms with van der Waals surface area (Å²) in [5.41, 5.74) is 3.72. The number of halogens is 1. The molecule has 0 aliphatic heterocycles. The van der Waals surface area contributed by atoms with Gasteiger partial charge < -0.3 is 15.0 Å². The van der Waals surface area contributed by atoms with Gasteiger partial charge in [0.15, 0.2) is 0 Å². The molecule has 0 saturated heterocycles. The number of methoxy groups -OCH3 is 1. The first-order chi connectivity index (χ1) is 14.4. The topological polar surface area (TPSA) is 54.5 Å². The Labute approximate surface area is 184 Å². The number of carbonyl (C=O) groups excluding carboxylic acids is 1. The highest BCUT2D eigenvalue weighted by molar-refractivity contribution is 6.31. The van der Waals surface area contributed by atoms with Crippen molar-refractivity contribution in [2.75, 3.05) is 18.6 Å². The summed E-state index contributed by atoms with van der Waals surface area (Å²) in [5.74, 6) is -0.343. The fourth-order valence-corrected chi connectivity index (χ4v) is 4.76. The van der Waals surface area contributed by atoms with Crippen LogP contribution < -0.4 is 10.2 Å². The number of hydrogen-bond donors (Lipinski definition) is 1. The molecule has 30 heavy (non-hydrogen) atoms. The minimum absolute atomic E-state index is 0.292. The molecule has 1 fully saturated rings. The van der Waals surface area contributed by atoms with Crippen molar-refractivity contribution in [3.63, 3.8) is 0 Å². The standard InChI is InChI=1S/C24H32ClN3O2/c1-5-28(23-14-19(25)13-22(16(23)2)24(29)30-4)21-10-8-20(9-11-21)27-17(3)18-7-6-12-26-15-18/h6-7,12-15,17,20-21,27H,5,8-11H2,1-4H3. The van der Waals surface area contributed by atoms with Crippen LogP contribution in [0.1, 0.15) is 67.1 Å². The van der Waals surface area contributed by atoms with E-state index >= 15 is 0 Å². The Morgan fingerprint density at radius 3 is 2.67 bits per heavy atom. The zero-order valence-corrected chi connectivity index (χ0v) is 19.1. The summed E-state index contributed by atoms with van der Waals surface area (Å²) in [7, 11) is 1.40. The number of esters is 1. The maximum atomic E-state index is 12.2. The summed E-state index contributed by atoms with van der Waals surface area (Å²) in [6.07, 6.45) is 8.19. The first kappa shape index (κ1) is 22.6. The number of pyridine rings is 1. The Kier molecular flexibility index (Phi) is 7.73. The van der Waals surface area contributed by atoms with Crippen molar-refractivity contribution in [1.29, 1.82) is 0 Å². The lowest BCUT2D eigenvalue weighted by Crippen LogP contribution is -2.43. The van der Waals surface area contributed by atoms with E-state index in [-0.39, 0.29) is 5.97 Å². The Balaban J connectivity index is 1.68. The van der Waals surface area contributed by atoms with Crippen LogP contribution in [-0.2, 0) is 4.74 Å². The molecule has 0 spiro atoms. The number of nitrogens with one attached hydrogen (secondary N) is 1.